The molecule has 6 heteroatoms. The Kier molecular flexibility index (Phi) is 5.95. The zero-order chi connectivity index (χ0) is 21.1. The van der Waals surface area contributed by atoms with Crippen molar-refractivity contribution in [1.29, 1.82) is 0 Å². The number of fused-ring (bicyclic) bond motifs is 1. The lowest BCUT2D eigenvalue weighted by atomic mass is 9.93. The van der Waals surface area contributed by atoms with Crippen LogP contribution in [0.1, 0.15) is 37.0 Å². The van der Waals surface area contributed by atoms with Gasteiger partial charge in [-0.25, -0.2) is 4.39 Å². The molecule has 2 aromatic rings. The number of piperazine rings is 1. The maximum Gasteiger partial charge on any atom is 0.170 e. The maximum absolute atomic E-state index is 13.4. The van der Waals surface area contributed by atoms with Crippen molar-refractivity contribution in [1.82, 2.24) is 4.90 Å². The molecule has 2 aromatic carbocycles. The smallest absolute Gasteiger partial charge is 0.170 e. The Morgan fingerprint density at radius 3 is 2.67 bits per heavy atom. The third kappa shape index (κ3) is 4.93. The lowest BCUT2D eigenvalue weighted by molar-refractivity contribution is 0.0618. The number of hydrogen-bond donors (Lipinski definition) is 0. The predicted molar refractivity (Wildman–Crippen MR) is 115 cm³/mol. The zero-order valence-electron chi connectivity index (χ0n) is 17.7. The zero-order valence-corrected chi connectivity index (χ0v) is 17.7. The van der Waals surface area contributed by atoms with Crippen LogP contribution in [0, 0.1) is 5.82 Å². The number of Topliss-reactive ketones (excluding diaryl/α,β-unsaturated/α-hetero) is 1. The van der Waals surface area contributed by atoms with Gasteiger partial charge < -0.3 is 14.4 Å². The van der Waals surface area contributed by atoms with Crippen molar-refractivity contribution in [2.24, 2.45) is 0 Å². The van der Waals surface area contributed by atoms with Crippen LogP contribution in [-0.2, 0) is 0 Å². The number of ether oxygens (including phenoxy) is 2. The summed E-state index contributed by atoms with van der Waals surface area (Å²) in [7, 11) is 0. The largest absolute Gasteiger partial charge is 0.493 e. The first-order valence-electron chi connectivity index (χ1n) is 10.6. The fraction of sp³-hybridized carbons (Fsp3) is 0.458. The maximum atomic E-state index is 13.4. The number of hydrogen-bond acceptors (Lipinski definition) is 5. The number of rotatable bonds is 6. The van der Waals surface area contributed by atoms with Crippen molar-refractivity contribution in [2.45, 2.75) is 32.3 Å². The van der Waals surface area contributed by atoms with Crippen LogP contribution in [0.5, 0.6) is 11.5 Å². The van der Waals surface area contributed by atoms with Crippen LogP contribution in [0.15, 0.2) is 42.5 Å². The van der Waals surface area contributed by atoms with Crippen LogP contribution >= 0.6 is 0 Å². The molecule has 0 unspecified atom stereocenters. The topological polar surface area (TPSA) is 42.0 Å². The highest BCUT2D eigenvalue weighted by Gasteiger charge is 2.32. The Morgan fingerprint density at radius 1 is 1.10 bits per heavy atom. The van der Waals surface area contributed by atoms with Crippen LogP contribution in [0.3, 0.4) is 0 Å². The Labute approximate surface area is 177 Å². The molecule has 0 bridgehead atoms. The summed E-state index contributed by atoms with van der Waals surface area (Å²) in [6.07, 6.45) is 1.31. The summed E-state index contributed by atoms with van der Waals surface area (Å²) >= 11 is 0. The van der Waals surface area contributed by atoms with E-state index in [-0.39, 0.29) is 11.6 Å². The second kappa shape index (κ2) is 8.64. The first kappa shape index (κ1) is 20.7. The van der Waals surface area contributed by atoms with E-state index in [2.05, 4.69) is 9.80 Å². The van der Waals surface area contributed by atoms with Gasteiger partial charge in [0.05, 0.1) is 18.6 Å². The molecule has 160 valence electrons. The van der Waals surface area contributed by atoms with Gasteiger partial charge in [-0.05, 0) is 50.6 Å². The van der Waals surface area contributed by atoms with E-state index in [9.17, 15) is 9.18 Å². The molecule has 0 atom stereocenters. The van der Waals surface area contributed by atoms with Crippen molar-refractivity contribution in [3.8, 4) is 11.5 Å². The van der Waals surface area contributed by atoms with Crippen LogP contribution in [0.2, 0.25) is 0 Å². The summed E-state index contributed by atoms with van der Waals surface area (Å²) < 4.78 is 25.3. The summed E-state index contributed by atoms with van der Waals surface area (Å²) in [6, 6.07) is 12.3. The Bertz CT molecular complexity index is 907. The Hall–Kier alpha value is -2.60. The highest BCUT2D eigenvalue weighted by atomic mass is 19.1. The molecular formula is C24H29FN2O3. The monoisotopic (exact) mass is 412 g/mol. The molecule has 0 N–H and O–H groups in total. The molecule has 0 saturated carbocycles. The molecule has 2 aliphatic rings. The summed E-state index contributed by atoms with van der Waals surface area (Å²) in [4.78, 5) is 16.9. The molecule has 0 aromatic heterocycles. The number of benzene rings is 2. The number of ketones is 1. The third-order valence-corrected chi connectivity index (χ3v) is 5.66. The SMILES string of the molecule is CC1(C)CC(=O)c2ccc(OCCCN3CCN(c4cccc(F)c4)CC3)cc2O1. The van der Waals surface area contributed by atoms with Crippen molar-refractivity contribution in [2.75, 3.05) is 44.2 Å². The molecule has 1 fully saturated rings. The standard InChI is InChI=1S/C24H29FN2O3/c1-24(2)17-22(28)21-8-7-20(16-23(21)30-24)29-14-4-9-26-10-12-27(13-11-26)19-6-3-5-18(25)15-19/h3,5-8,15-16H,4,9-14,17H2,1-2H3. The quantitative estimate of drug-likeness (QED) is 0.667. The molecule has 5 nitrogen and oxygen atoms in total. The van der Waals surface area contributed by atoms with Crippen molar-refractivity contribution >= 4 is 11.5 Å². The van der Waals surface area contributed by atoms with Gasteiger partial charge in [-0.1, -0.05) is 6.07 Å². The van der Waals surface area contributed by atoms with Gasteiger partial charge in [0.2, 0.25) is 0 Å². The minimum absolute atomic E-state index is 0.116. The van der Waals surface area contributed by atoms with Crippen molar-refractivity contribution in [3.05, 3.63) is 53.8 Å². The number of carbonyl (C=O) groups excluding carboxylic acids is 1. The minimum Gasteiger partial charge on any atom is -0.493 e. The van der Waals surface area contributed by atoms with E-state index in [0.717, 1.165) is 50.6 Å². The highest BCUT2D eigenvalue weighted by Crippen LogP contribution is 2.35. The van der Waals surface area contributed by atoms with Gasteiger partial charge >= 0.3 is 0 Å². The molecular weight excluding hydrogens is 383 g/mol. The third-order valence-electron chi connectivity index (χ3n) is 5.66. The van der Waals surface area contributed by atoms with Crippen molar-refractivity contribution < 1.29 is 18.7 Å². The van der Waals surface area contributed by atoms with Gasteiger partial charge in [-0.2, -0.15) is 0 Å². The highest BCUT2D eigenvalue weighted by molar-refractivity contribution is 6.00. The molecule has 30 heavy (non-hydrogen) atoms. The molecule has 1 saturated heterocycles. The van der Waals surface area contributed by atoms with E-state index in [1.165, 1.54) is 6.07 Å². The van der Waals surface area contributed by atoms with Crippen LogP contribution in [0.25, 0.3) is 0 Å². The van der Waals surface area contributed by atoms with E-state index in [4.69, 9.17) is 9.47 Å². The van der Waals surface area contributed by atoms with E-state index in [0.29, 0.717) is 24.3 Å². The van der Waals surface area contributed by atoms with Crippen molar-refractivity contribution in [3.63, 3.8) is 0 Å². The average molecular weight is 413 g/mol. The van der Waals surface area contributed by atoms with Crippen LogP contribution in [0.4, 0.5) is 10.1 Å². The molecule has 0 radical (unpaired) electrons. The lowest BCUT2D eigenvalue weighted by Crippen LogP contribution is -2.46. The van der Waals surface area contributed by atoms with E-state index in [1.807, 2.05) is 32.0 Å². The first-order valence-corrected chi connectivity index (χ1v) is 10.6. The fourth-order valence-electron chi connectivity index (χ4n) is 4.10. The number of carbonyl (C=O) groups is 1. The molecule has 2 heterocycles. The van der Waals surface area contributed by atoms with Gasteiger partial charge in [0.25, 0.3) is 0 Å². The molecule has 0 aliphatic carbocycles. The van der Waals surface area contributed by atoms with Crippen LogP contribution < -0.4 is 14.4 Å². The first-order chi connectivity index (χ1) is 14.4. The van der Waals surface area contributed by atoms with Gasteiger partial charge in [-0.15, -0.1) is 0 Å². The van der Waals surface area contributed by atoms with Gasteiger partial charge in [0.1, 0.15) is 22.9 Å². The number of nitrogens with zero attached hydrogens (tertiary/aromatic N) is 2. The van der Waals surface area contributed by atoms with Gasteiger partial charge in [0.15, 0.2) is 5.78 Å². The van der Waals surface area contributed by atoms with E-state index >= 15 is 0 Å². The predicted octanol–water partition coefficient (Wildman–Crippen LogP) is 4.16. The number of halogens is 1. The Morgan fingerprint density at radius 2 is 1.90 bits per heavy atom. The summed E-state index contributed by atoms with van der Waals surface area (Å²) in [6.45, 7) is 9.14. The van der Waals surface area contributed by atoms with Gasteiger partial charge in [-0.3, -0.25) is 9.69 Å². The Balaban J connectivity index is 1.21. The van der Waals surface area contributed by atoms with Gasteiger partial charge in [0, 0.05) is 44.5 Å². The molecule has 0 amide bonds. The summed E-state index contributed by atoms with van der Waals surface area (Å²) in [5, 5.41) is 0. The summed E-state index contributed by atoms with van der Waals surface area (Å²) in [5.74, 6) is 1.27. The fourth-order valence-corrected chi connectivity index (χ4v) is 4.10. The molecule has 4 rings (SSSR count). The van der Waals surface area contributed by atoms with Crippen LogP contribution in [-0.4, -0.2) is 55.6 Å². The second-order valence-electron chi connectivity index (χ2n) is 8.63. The summed E-state index contributed by atoms with van der Waals surface area (Å²) in [5.41, 5.74) is 1.11. The minimum atomic E-state index is -0.476. The van der Waals surface area contributed by atoms with E-state index in [1.54, 1.807) is 18.2 Å². The van der Waals surface area contributed by atoms with E-state index < -0.39 is 5.60 Å². The normalized spacial score (nSPS) is 18.6. The second-order valence-corrected chi connectivity index (χ2v) is 8.63. The lowest BCUT2D eigenvalue weighted by Gasteiger charge is -2.36. The molecule has 0 spiro atoms. The number of anilines is 1. The average Bonchev–Trinajstić information content (AvgIpc) is 2.70. The molecule has 2 aliphatic heterocycles.